The molecule has 0 aromatic heterocycles. The van der Waals surface area contributed by atoms with Gasteiger partial charge in [-0.3, -0.25) is 4.79 Å². The summed E-state index contributed by atoms with van der Waals surface area (Å²) in [5.74, 6) is 1.64. The third-order valence-corrected chi connectivity index (χ3v) is 8.84. The van der Waals surface area contributed by atoms with Crippen LogP contribution in [0.4, 0.5) is 5.69 Å². The Morgan fingerprint density at radius 2 is 1.56 bits per heavy atom. The van der Waals surface area contributed by atoms with Gasteiger partial charge in [-0.2, -0.15) is 0 Å². The zero-order valence-electron chi connectivity index (χ0n) is 21.8. The minimum atomic E-state index is 0.262. The molecule has 2 aromatic rings. The van der Waals surface area contributed by atoms with Gasteiger partial charge in [0, 0.05) is 62.8 Å². The number of carbonyl (C=O) groups excluding carboxylic acids is 1. The van der Waals surface area contributed by atoms with Crippen molar-refractivity contribution in [1.82, 2.24) is 9.80 Å². The van der Waals surface area contributed by atoms with E-state index in [4.69, 9.17) is 0 Å². The average Bonchev–Trinajstić information content (AvgIpc) is 3.37. The van der Waals surface area contributed by atoms with Crippen molar-refractivity contribution in [3.05, 3.63) is 78.9 Å². The van der Waals surface area contributed by atoms with Crippen LogP contribution in [0.15, 0.2) is 73.3 Å². The van der Waals surface area contributed by atoms with Crippen LogP contribution in [-0.2, 0) is 4.79 Å². The first-order valence-corrected chi connectivity index (χ1v) is 14.2. The number of nitrogens with zero attached hydrogens (tertiary/aromatic N) is 3. The lowest BCUT2D eigenvalue weighted by Crippen LogP contribution is -2.47. The van der Waals surface area contributed by atoms with Crippen LogP contribution in [0.1, 0.15) is 56.4 Å². The monoisotopic (exact) mass is 485 g/mol. The van der Waals surface area contributed by atoms with Gasteiger partial charge in [-0.15, -0.1) is 6.58 Å². The molecule has 1 amide bonds. The van der Waals surface area contributed by atoms with E-state index in [0.29, 0.717) is 23.8 Å². The summed E-state index contributed by atoms with van der Waals surface area (Å²) < 4.78 is 0. The summed E-state index contributed by atoms with van der Waals surface area (Å²) in [6, 6.07) is 22.3. The molecule has 192 valence electrons. The fourth-order valence-electron chi connectivity index (χ4n) is 6.89. The number of para-hydroxylation sites is 1. The molecule has 4 nitrogen and oxygen atoms in total. The molecule has 2 aliphatic heterocycles. The Balaban J connectivity index is 1.23. The summed E-state index contributed by atoms with van der Waals surface area (Å²) in [7, 11) is 0. The third kappa shape index (κ3) is 5.86. The number of piperidine rings is 1. The maximum Gasteiger partial charge on any atom is 0.225 e. The van der Waals surface area contributed by atoms with Gasteiger partial charge in [0.05, 0.1) is 0 Å². The summed E-state index contributed by atoms with van der Waals surface area (Å²) in [5, 5.41) is 0. The molecule has 3 fully saturated rings. The Labute approximate surface area is 218 Å². The SMILES string of the molecule is C=CCN(c1ccccc1)C1CCN(C[C@H]2CN(C(=O)C3CCCCC3)C[C@@H]2c2ccccc2)CC1. The van der Waals surface area contributed by atoms with Crippen LogP contribution in [0.5, 0.6) is 0 Å². The number of amides is 1. The minimum Gasteiger partial charge on any atom is -0.365 e. The van der Waals surface area contributed by atoms with Gasteiger partial charge in [0.25, 0.3) is 0 Å². The quantitative estimate of drug-likeness (QED) is 0.431. The molecule has 4 heteroatoms. The molecule has 0 radical (unpaired) electrons. The summed E-state index contributed by atoms with van der Waals surface area (Å²) in [6.07, 6.45) is 10.3. The van der Waals surface area contributed by atoms with Crippen molar-refractivity contribution >= 4 is 11.6 Å². The van der Waals surface area contributed by atoms with Crippen molar-refractivity contribution in [2.45, 2.75) is 56.9 Å². The van der Waals surface area contributed by atoms with E-state index in [2.05, 4.69) is 81.9 Å². The Morgan fingerprint density at radius 1 is 0.889 bits per heavy atom. The molecular weight excluding hydrogens is 442 g/mol. The van der Waals surface area contributed by atoms with Gasteiger partial charge in [0.2, 0.25) is 5.91 Å². The Kier molecular flexibility index (Phi) is 8.43. The van der Waals surface area contributed by atoms with Gasteiger partial charge >= 0.3 is 0 Å². The summed E-state index contributed by atoms with van der Waals surface area (Å²) in [4.78, 5) is 20.9. The number of hydrogen-bond acceptors (Lipinski definition) is 3. The van der Waals surface area contributed by atoms with Gasteiger partial charge < -0.3 is 14.7 Å². The maximum absolute atomic E-state index is 13.4. The van der Waals surface area contributed by atoms with Crippen LogP contribution in [0.25, 0.3) is 0 Å². The highest BCUT2D eigenvalue weighted by atomic mass is 16.2. The predicted octanol–water partition coefficient (Wildman–Crippen LogP) is 5.97. The van der Waals surface area contributed by atoms with Gasteiger partial charge in [-0.1, -0.05) is 73.9 Å². The first-order valence-electron chi connectivity index (χ1n) is 14.2. The maximum atomic E-state index is 13.4. The average molecular weight is 486 g/mol. The van der Waals surface area contributed by atoms with E-state index >= 15 is 0 Å². The number of rotatable bonds is 8. The van der Waals surface area contributed by atoms with E-state index in [-0.39, 0.29) is 5.92 Å². The van der Waals surface area contributed by atoms with Crippen LogP contribution in [-0.4, -0.2) is 61.0 Å². The topological polar surface area (TPSA) is 26.8 Å². The van der Waals surface area contributed by atoms with E-state index in [1.54, 1.807) is 0 Å². The molecular formula is C32H43N3O. The molecule has 2 saturated heterocycles. The van der Waals surface area contributed by atoms with E-state index in [1.165, 1.54) is 43.4 Å². The lowest BCUT2D eigenvalue weighted by Gasteiger charge is -2.40. The number of anilines is 1. The second-order valence-corrected chi connectivity index (χ2v) is 11.2. The van der Waals surface area contributed by atoms with E-state index in [0.717, 1.165) is 52.1 Å². The molecule has 0 unspecified atom stereocenters. The molecule has 0 spiro atoms. The Hall–Kier alpha value is -2.59. The summed E-state index contributed by atoms with van der Waals surface area (Å²) in [6.45, 7) is 10.1. The first-order chi connectivity index (χ1) is 17.7. The largest absolute Gasteiger partial charge is 0.365 e. The van der Waals surface area contributed by atoms with E-state index in [9.17, 15) is 4.79 Å². The Morgan fingerprint density at radius 3 is 2.22 bits per heavy atom. The number of benzene rings is 2. The van der Waals surface area contributed by atoms with Crippen molar-refractivity contribution in [2.24, 2.45) is 11.8 Å². The molecule has 5 rings (SSSR count). The second-order valence-electron chi connectivity index (χ2n) is 11.2. The highest BCUT2D eigenvalue weighted by molar-refractivity contribution is 5.79. The smallest absolute Gasteiger partial charge is 0.225 e. The van der Waals surface area contributed by atoms with Gasteiger partial charge in [-0.05, 0) is 49.3 Å². The standard InChI is InChI=1S/C32H43N3O/c1-2-20-35(29-16-10-5-11-17-29)30-18-21-33(22-19-30)23-28-24-34(32(36)27-14-8-4-9-15-27)25-31(28)26-12-6-3-7-13-26/h2-3,5-7,10-13,16-17,27-28,30-31H,1,4,8-9,14-15,18-25H2/t28-,31+/m0/s1. The summed E-state index contributed by atoms with van der Waals surface area (Å²) >= 11 is 0. The van der Waals surface area contributed by atoms with Crippen molar-refractivity contribution in [2.75, 3.05) is 44.2 Å². The van der Waals surface area contributed by atoms with Crippen LogP contribution >= 0.6 is 0 Å². The fraction of sp³-hybridized carbons (Fsp3) is 0.531. The van der Waals surface area contributed by atoms with Crippen LogP contribution in [0.3, 0.4) is 0 Å². The second kappa shape index (κ2) is 12.1. The lowest BCUT2D eigenvalue weighted by atomic mass is 9.88. The molecule has 1 saturated carbocycles. The van der Waals surface area contributed by atoms with Crippen LogP contribution in [0, 0.1) is 11.8 Å². The normalized spacial score (nSPS) is 24.1. The van der Waals surface area contributed by atoms with Crippen molar-refractivity contribution in [1.29, 1.82) is 0 Å². The highest BCUT2D eigenvalue weighted by Gasteiger charge is 2.39. The lowest BCUT2D eigenvalue weighted by molar-refractivity contribution is -0.135. The van der Waals surface area contributed by atoms with Gasteiger partial charge in [0.1, 0.15) is 0 Å². The molecule has 2 heterocycles. The molecule has 0 N–H and O–H groups in total. The molecule has 0 bridgehead atoms. The van der Waals surface area contributed by atoms with E-state index < -0.39 is 0 Å². The zero-order valence-corrected chi connectivity index (χ0v) is 21.8. The molecule has 3 aliphatic rings. The van der Waals surface area contributed by atoms with Crippen molar-refractivity contribution < 1.29 is 4.79 Å². The predicted molar refractivity (Wildman–Crippen MR) is 149 cm³/mol. The van der Waals surface area contributed by atoms with E-state index in [1.807, 2.05) is 6.08 Å². The summed E-state index contributed by atoms with van der Waals surface area (Å²) in [5.41, 5.74) is 2.70. The molecule has 36 heavy (non-hydrogen) atoms. The zero-order chi connectivity index (χ0) is 24.7. The minimum absolute atomic E-state index is 0.262. The van der Waals surface area contributed by atoms with Crippen LogP contribution in [0.2, 0.25) is 0 Å². The molecule has 2 atom stereocenters. The number of likely N-dealkylation sites (tertiary alicyclic amines) is 2. The highest BCUT2D eigenvalue weighted by Crippen LogP contribution is 2.36. The van der Waals surface area contributed by atoms with Gasteiger partial charge in [0.15, 0.2) is 0 Å². The van der Waals surface area contributed by atoms with Crippen LogP contribution < -0.4 is 4.90 Å². The third-order valence-electron chi connectivity index (χ3n) is 8.84. The Bertz CT molecular complexity index is 963. The first kappa shape index (κ1) is 25.1. The van der Waals surface area contributed by atoms with Gasteiger partial charge in [-0.25, -0.2) is 0 Å². The molecule has 2 aromatic carbocycles. The number of hydrogen-bond donors (Lipinski definition) is 0. The molecule has 1 aliphatic carbocycles. The van der Waals surface area contributed by atoms with Crippen molar-refractivity contribution in [3.8, 4) is 0 Å². The number of carbonyl (C=O) groups is 1. The fourth-order valence-corrected chi connectivity index (χ4v) is 6.89. The van der Waals surface area contributed by atoms with Crippen molar-refractivity contribution in [3.63, 3.8) is 0 Å².